The minimum Gasteiger partial charge on any atom is -0.370 e. The molecule has 0 spiro atoms. The smallest absolute Gasteiger partial charge is 0.217 e. The summed E-state index contributed by atoms with van der Waals surface area (Å²) in [6.45, 7) is 0. The van der Waals surface area contributed by atoms with Gasteiger partial charge in [0.1, 0.15) is 0 Å². The number of hydrogen-bond acceptors (Lipinski definition) is 1. The Kier molecular flexibility index (Phi) is 4.08. The first-order valence-corrected chi connectivity index (χ1v) is 6.00. The average molecular weight is 279 g/mol. The molecule has 2 aromatic carbocycles. The van der Waals surface area contributed by atoms with Crippen molar-refractivity contribution in [2.24, 2.45) is 5.73 Å². The molecule has 0 radical (unpaired) electrons. The zero-order chi connectivity index (χ0) is 14.7. The van der Waals surface area contributed by atoms with Crippen LogP contribution in [0.5, 0.6) is 0 Å². The number of aryl methyl sites for hydroxylation is 1. The van der Waals surface area contributed by atoms with Crippen LogP contribution in [0.2, 0.25) is 0 Å². The first-order valence-electron chi connectivity index (χ1n) is 6.00. The number of primary amides is 1. The van der Waals surface area contributed by atoms with Gasteiger partial charge in [0, 0.05) is 12.0 Å². The van der Waals surface area contributed by atoms with Crippen LogP contribution >= 0.6 is 0 Å². The lowest BCUT2D eigenvalue weighted by Crippen LogP contribution is -2.11. The van der Waals surface area contributed by atoms with Crippen molar-refractivity contribution >= 4 is 5.91 Å². The van der Waals surface area contributed by atoms with E-state index in [1.165, 1.54) is 6.07 Å². The lowest BCUT2D eigenvalue weighted by Gasteiger charge is -2.10. The van der Waals surface area contributed by atoms with Crippen LogP contribution in [0.1, 0.15) is 12.0 Å². The third kappa shape index (κ3) is 2.82. The second kappa shape index (κ2) is 5.77. The summed E-state index contributed by atoms with van der Waals surface area (Å²) in [5.41, 5.74) is 6.11. The van der Waals surface area contributed by atoms with Crippen molar-refractivity contribution in [3.63, 3.8) is 0 Å². The predicted octanol–water partition coefficient (Wildman–Crippen LogP) is 3.19. The van der Waals surface area contributed by atoms with Crippen LogP contribution < -0.4 is 5.73 Å². The summed E-state index contributed by atoms with van der Waals surface area (Å²) in [5, 5.41) is 0. The van der Waals surface area contributed by atoms with Gasteiger partial charge < -0.3 is 5.73 Å². The van der Waals surface area contributed by atoms with Crippen LogP contribution in [0.4, 0.5) is 13.2 Å². The Bertz CT molecular complexity index is 656. The molecular formula is C15H12F3NO. The van der Waals surface area contributed by atoms with Crippen molar-refractivity contribution in [2.45, 2.75) is 12.8 Å². The quantitative estimate of drug-likeness (QED) is 0.858. The molecule has 0 aliphatic rings. The van der Waals surface area contributed by atoms with E-state index in [0.717, 1.165) is 6.07 Å². The van der Waals surface area contributed by atoms with E-state index in [1.807, 2.05) is 0 Å². The van der Waals surface area contributed by atoms with E-state index < -0.39 is 23.4 Å². The Labute approximate surface area is 114 Å². The van der Waals surface area contributed by atoms with Crippen molar-refractivity contribution in [1.29, 1.82) is 0 Å². The molecule has 2 N–H and O–H groups in total. The van der Waals surface area contributed by atoms with E-state index in [2.05, 4.69) is 0 Å². The van der Waals surface area contributed by atoms with Gasteiger partial charge in [0.25, 0.3) is 0 Å². The van der Waals surface area contributed by atoms with Crippen molar-refractivity contribution in [2.75, 3.05) is 0 Å². The molecule has 0 fully saturated rings. The average Bonchev–Trinajstić information content (AvgIpc) is 2.43. The summed E-state index contributed by atoms with van der Waals surface area (Å²) < 4.78 is 40.1. The number of halogens is 3. The molecule has 2 rings (SSSR count). The van der Waals surface area contributed by atoms with E-state index in [9.17, 15) is 18.0 Å². The minimum atomic E-state index is -1.51. The predicted molar refractivity (Wildman–Crippen MR) is 69.3 cm³/mol. The molecule has 0 aliphatic carbocycles. The van der Waals surface area contributed by atoms with E-state index in [0.29, 0.717) is 17.5 Å². The van der Waals surface area contributed by atoms with Gasteiger partial charge in [-0.15, -0.1) is 0 Å². The minimum absolute atomic E-state index is 0.0380. The Balaban J connectivity index is 2.48. The molecule has 0 aliphatic heterocycles. The highest BCUT2D eigenvalue weighted by molar-refractivity contribution is 5.75. The van der Waals surface area contributed by atoms with Crippen LogP contribution in [-0.2, 0) is 11.2 Å². The summed E-state index contributed by atoms with van der Waals surface area (Å²) in [6.07, 6.45) is 0.409. The third-order valence-corrected chi connectivity index (χ3v) is 2.98. The lowest BCUT2D eigenvalue weighted by atomic mass is 9.96. The molecule has 5 heteroatoms. The molecule has 0 saturated heterocycles. The third-order valence-electron chi connectivity index (χ3n) is 2.98. The van der Waals surface area contributed by atoms with Crippen molar-refractivity contribution in [3.8, 4) is 11.1 Å². The van der Waals surface area contributed by atoms with Crippen molar-refractivity contribution in [3.05, 3.63) is 59.4 Å². The van der Waals surface area contributed by atoms with Crippen LogP contribution in [0.15, 0.2) is 36.4 Å². The molecule has 0 bridgehead atoms. The summed E-state index contributed by atoms with van der Waals surface area (Å²) in [6, 6.07) is 8.71. The number of amides is 1. The van der Waals surface area contributed by atoms with Gasteiger partial charge in [0.2, 0.25) is 5.91 Å². The maximum Gasteiger partial charge on any atom is 0.217 e. The van der Waals surface area contributed by atoms with E-state index in [1.54, 1.807) is 24.3 Å². The fourth-order valence-electron chi connectivity index (χ4n) is 1.99. The molecular weight excluding hydrogens is 267 g/mol. The molecule has 0 heterocycles. The van der Waals surface area contributed by atoms with Gasteiger partial charge in [-0.2, -0.15) is 0 Å². The molecule has 20 heavy (non-hydrogen) atoms. The zero-order valence-electron chi connectivity index (χ0n) is 10.5. The largest absolute Gasteiger partial charge is 0.370 e. The van der Waals surface area contributed by atoms with Crippen LogP contribution in [0.25, 0.3) is 11.1 Å². The van der Waals surface area contributed by atoms with Gasteiger partial charge in [0.05, 0.1) is 0 Å². The monoisotopic (exact) mass is 279 g/mol. The standard InChI is InChI=1S/C15H12F3NO/c16-12-7-6-11(14(17)15(12)18)10-4-2-1-3-9(10)5-8-13(19)20/h1-4,6-7H,5,8H2,(H2,19,20). The van der Waals surface area contributed by atoms with Crippen LogP contribution in [0.3, 0.4) is 0 Å². The molecule has 0 saturated carbocycles. The lowest BCUT2D eigenvalue weighted by molar-refractivity contribution is -0.117. The van der Waals surface area contributed by atoms with Gasteiger partial charge in [-0.3, -0.25) is 4.79 Å². The first kappa shape index (κ1) is 14.1. The number of rotatable bonds is 4. The van der Waals surface area contributed by atoms with E-state index >= 15 is 0 Å². The van der Waals surface area contributed by atoms with Gasteiger partial charge in [-0.05, 0) is 29.7 Å². The molecule has 104 valence electrons. The number of nitrogens with two attached hydrogens (primary N) is 1. The summed E-state index contributed by atoms with van der Waals surface area (Å²) in [4.78, 5) is 10.8. The molecule has 0 aromatic heterocycles. The van der Waals surface area contributed by atoms with Gasteiger partial charge in [0.15, 0.2) is 17.5 Å². The zero-order valence-corrected chi connectivity index (χ0v) is 10.5. The molecule has 0 unspecified atom stereocenters. The topological polar surface area (TPSA) is 43.1 Å². The molecule has 0 atom stereocenters. The maximum absolute atomic E-state index is 13.8. The molecule has 2 nitrogen and oxygen atoms in total. The summed E-state index contributed by atoms with van der Waals surface area (Å²) in [5.74, 6) is -4.46. The Morgan fingerprint density at radius 1 is 0.950 bits per heavy atom. The highest BCUT2D eigenvalue weighted by Gasteiger charge is 2.16. The van der Waals surface area contributed by atoms with E-state index in [-0.39, 0.29) is 12.0 Å². The van der Waals surface area contributed by atoms with Gasteiger partial charge in [-0.1, -0.05) is 24.3 Å². The van der Waals surface area contributed by atoms with E-state index in [4.69, 9.17) is 5.73 Å². The second-order valence-corrected chi connectivity index (χ2v) is 4.35. The summed E-state index contributed by atoms with van der Waals surface area (Å²) in [7, 11) is 0. The Morgan fingerprint density at radius 2 is 1.65 bits per heavy atom. The first-order chi connectivity index (χ1) is 9.50. The van der Waals surface area contributed by atoms with Crippen molar-refractivity contribution < 1.29 is 18.0 Å². The fraction of sp³-hybridized carbons (Fsp3) is 0.133. The van der Waals surface area contributed by atoms with Crippen LogP contribution in [0, 0.1) is 17.5 Å². The van der Waals surface area contributed by atoms with Crippen molar-refractivity contribution in [1.82, 2.24) is 0 Å². The summed E-state index contributed by atoms with van der Waals surface area (Å²) >= 11 is 0. The number of carbonyl (C=O) groups excluding carboxylic acids is 1. The maximum atomic E-state index is 13.8. The molecule has 2 aromatic rings. The second-order valence-electron chi connectivity index (χ2n) is 4.35. The highest BCUT2D eigenvalue weighted by Crippen LogP contribution is 2.29. The van der Waals surface area contributed by atoms with Gasteiger partial charge in [-0.25, -0.2) is 13.2 Å². The number of carbonyl (C=O) groups is 1. The fourth-order valence-corrected chi connectivity index (χ4v) is 1.99. The van der Waals surface area contributed by atoms with Crippen LogP contribution in [-0.4, -0.2) is 5.91 Å². The number of hydrogen-bond donors (Lipinski definition) is 1. The Hall–Kier alpha value is -2.30. The Morgan fingerprint density at radius 3 is 2.35 bits per heavy atom. The van der Waals surface area contributed by atoms with Gasteiger partial charge >= 0.3 is 0 Å². The highest BCUT2D eigenvalue weighted by atomic mass is 19.2. The molecule has 1 amide bonds. The SMILES string of the molecule is NC(=O)CCc1ccccc1-c1ccc(F)c(F)c1F. The normalized spacial score (nSPS) is 10.6. The number of benzene rings is 2.